The van der Waals surface area contributed by atoms with Crippen LogP contribution in [-0.2, 0) is 26.9 Å². The van der Waals surface area contributed by atoms with Crippen molar-refractivity contribution in [3.8, 4) is 0 Å². The van der Waals surface area contributed by atoms with Gasteiger partial charge in [-0.1, -0.05) is 0 Å². The van der Waals surface area contributed by atoms with E-state index in [1.165, 1.54) is 50.5 Å². The van der Waals surface area contributed by atoms with E-state index in [1.54, 1.807) is 25.4 Å². The van der Waals surface area contributed by atoms with E-state index in [0.29, 0.717) is 0 Å². The molecule has 2 aliphatic carbocycles. The zero-order valence-corrected chi connectivity index (χ0v) is 22.6. The van der Waals surface area contributed by atoms with Crippen LogP contribution >= 0.6 is 0 Å². The topological polar surface area (TPSA) is 0 Å². The average Bonchev–Trinajstić information content (AvgIpc) is 2.99. The predicted molar refractivity (Wildman–Crippen MR) is 115 cm³/mol. The Morgan fingerprint density at radius 1 is 0.800 bits per heavy atom. The van der Waals surface area contributed by atoms with Gasteiger partial charge in [-0.15, -0.1) is 0 Å². The Hall–Kier alpha value is -0.279. The third-order valence-corrected chi connectivity index (χ3v) is 9.74. The van der Waals surface area contributed by atoms with Gasteiger partial charge < -0.3 is 37.2 Å². The van der Waals surface area contributed by atoms with Crippen LogP contribution in [0.3, 0.4) is 0 Å². The maximum absolute atomic E-state index is 2.41. The van der Waals surface area contributed by atoms with Crippen LogP contribution in [0.25, 0.3) is 0 Å². The van der Waals surface area contributed by atoms with Crippen LogP contribution in [0.4, 0.5) is 0 Å². The molecule has 5 heteroatoms. The fourth-order valence-corrected chi connectivity index (χ4v) is 7.57. The van der Waals surface area contributed by atoms with Crippen LogP contribution in [0.5, 0.6) is 0 Å². The Morgan fingerprint density at radius 2 is 1.40 bits per heavy atom. The molecule has 4 rings (SSSR count). The van der Waals surface area contributed by atoms with Gasteiger partial charge in [0.15, 0.2) is 0 Å². The molecule has 0 unspecified atom stereocenters. The molecule has 0 radical (unpaired) electrons. The second kappa shape index (κ2) is 14.0. The summed E-state index contributed by atoms with van der Waals surface area (Å²) in [4.78, 5) is 0. The molecule has 1 fully saturated rings. The number of rotatable bonds is 6. The third kappa shape index (κ3) is 7.40. The Morgan fingerprint density at radius 3 is 2.03 bits per heavy atom. The van der Waals surface area contributed by atoms with E-state index in [-0.39, 0.29) is 46.7 Å². The first-order valence-electron chi connectivity index (χ1n) is 10.5. The average molecular weight is 512 g/mol. The van der Waals surface area contributed by atoms with Crippen molar-refractivity contribution in [1.82, 2.24) is 0 Å². The van der Waals surface area contributed by atoms with Crippen LogP contribution < -0.4 is 42.4 Å². The number of hydrogen-bond donors (Lipinski definition) is 0. The van der Waals surface area contributed by atoms with Gasteiger partial charge in [0.25, 0.3) is 0 Å². The zero-order valence-electron chi connectivity index (χ0n) is 17.3. The van der Waals surface area contributed by atoms with Gasteiger partial charge in [-0.2, -0.15) is 0 Å². The number of allylic oxidation sites excluding steroid dienone is 4. The number of halogens is 3. The summed E-state index contributed by atoms with van der Waals surface area (Å²) in [5.74, 6) is 0.935. The van der Waals surface area contributed by atoms with Gasteiger partial charge in [0.05, 0.1) is 0 Å². The van der Waals surface area contributed by atoms with Gasteiger partial charge in [0.1, 0.15) is 0 Å². The van der Waals surface area contributed by atoms with Crippen molar-refractivity contribution in [2.75, 3.05) is 0 Å². The zero-order chi connectivity index (χ0) is 18.5. The van der Waals surface area contributed by atoms with Crippen molar-refractivity contribution in [3.05, 3.63) is 86.4 Å². The predicted octanol–water partition coefficient (Wildman–Crippen LogP) is -3.84. The number of hydrogen-bond acceptors (Lipinski definition) is 0. The molecule has 0 bridgehead atoms. The summed E-state index contributed by atoms with van der Waals surface area (Å²) in [6.45, 7) is 0. The van der Waals surface area contributed by atoms with Crippen LogP contribution in [0.1, 0.15) is 50.5 Å². The minimum absolute atomic E-state index is 0. The molecule has 1 saturated carbocycles. The molecule has 2 aromatic rings. The van der Waals surface area contributed by atoms with Crippen LogP contribution in [0.15, 0.2) is 80.9 Å². The van der Waals surface area contributed by atoms with E-state index >= 15 is 0 Å². The van der Waals surface area contributed by atoms with Gasteiger partial charge in [0.2, 0.25) is 0 Å². The molecular formula is C25H29Cl3SiTi. The summed E-state index contributed by atoms with van der Waals surface area (Å²) < 4.78 is 1.64. The Balaban J connectivity index is 0.00000150. The third-order valence-electron chi connectivity index (χ3n) is 6.25. The summed E-state index contributed by atoms with van der Waals surface area (Å²) in [5.41, 5.74) is 4.93. The first kappa shape index (κ1) is 27.8. The second-order valence-electron chi connectivity index (χ2n) is 8.27. The minimum atomic E-state index is -0.335. The van der Waals surface area contributed by atoms with Crippen LogP contribution in [0, 0.1) is 5.92 Å². The van der Waals surface area contributed by atoms with Gasteiger partial charge in [-0.25, -0.2) is 0 Å². The molecule has 2 aliphatic rings. The van der Waals surface area contributed by atoms with E-state index in [1.807, 2.05) is 0 Å². The fourth-order valence-electron chi connectivity index (χ4n) is 4.78. The quantitative estimate of drug-likeness (QED) is 0.349. The molecule has 0 saturated heterocycles. The Bertz CT molecular complexity index is 828. The van der Waals surface area contributed by atoms with Crippen molar-refractivity contribution < 1.29 is 57.7 Å². The molecule has 0 N–H and O–H groups in total. The van der Waals surface area contributed by atoms with Crippen LogP contribution in [0.2, 0.25) is 0 Å². The molecule has 2 aromatic carbocycles. The first-order valence-corrected chi connectivity index (χ1v) is 12.7. The van der Waals surface area contributed by atoms with Crippen molar-refractivity contribution in [1.29, 1.82) is 0 Å². The molecule has 0 aliphatic heterocycles. The van der Waals surface area contributed by atoms with E-state index in [4.69, 9.17) is 0 Å². The summed E-state index contributed by atoms with van der Waals surface area (Å²) >= 11 is 2.41. The van der Waals surface area contributed by atoms with Gasteiger partial charge in [-0.05, 0) is 0 Å². The molecule has 30 heavy (non-hydrogen) atoms. The van der Waals surface area contributed by atoms with E-state index in [9.17, 15) is 0 Å². The Labute approximate surface area is 214 Å². The van der Waals surface area contributed by atoms with Gasteiger partial charge in [0, 0.05) is 0 Å². The maximum atomic E-state index is 2.41. The van der Waals surface area contributed by atoms with Gasteiger partial charge in [-0.3, -0.25) is 0 Å². The van der Waals surface area contributed by atoms with E-state index < -0.39 is 0 Å². The molecule has 0 spiro atoms. The van der Waals surface area contributed by atoms with Crippen molar-refractivity contribution >= 4 is 14.7 Å². The SMILES string of the molecule is [Cl-].[Cl-].[Cl-].[Ti+3][C]1=C([SiH2]c2ccccc2)CC(CC2CCCCC2)=C1Cc1ccccc1. The monoisotopic (exact) mass is 510 g/mol. The van der Waals surface area contributed by atoms with Crippen LogP contribution in [-0.4, -0.2) is 9.52 Å². The molecule has 0 aromatic heterocycles. The summed E-state index contributed by atoms with van der Waals surface area (Å²) in [5, 5.41) is 3.38. The first-order chi connectivity index (χ1) is 13.3. The number of benzene rings is 2. The van der Waals surface area contributed by atoms with Gasteiger partial charge >= 0.3 is 179 Å². The molecule has 158 valence electrons. The molecule has 0 atom stereocenters. The molecule has 0 heterocycles. The van der Waals surface area contributed by atoms with E-state index in [0.717, 1.165) is 12.3 Å². The molecule has 0 nitrogen and oxygen atoms in total. The molecular weight excluding hydrogens is 483 g/mol. The fraction of sp³-hybridized carbons (Fsp3) is 0.360. The second-order valence-corrected chi connectivity index (χ2v) is 11.1. The normalized spacial score (nSPS) is 17.0. The van der Waals surface area contributed by atoms with E-state index in [2.05, 4.69) is 81.1 Å². The van der Waals surface area contributed by atoms with Crippen molar-refractivity contribution in [3.63, 3.8) is 0 Å². The summed E-state index contributed by atoms with van der Waals surface area (Å²) in [7, 11) is -0.335. The standard InChI is InChI=1S/C25H29Si.3ClH.Ti/c1-4-10-20(11-5-1)16-22-18-25(26-24-14-8-3-9-15-24)19-23(22)17-21-12-6-2-7-13-21;;;;/h1,3-5,8-11,14-15,21H,2,6-7,12-13,16-17,19,26H2;3*1H;/q;;;;+3/p-3. The van der Waals surface area contributed by atoms with Crippen molar-refractivity contribution in [2.45, 2.75) is 51.4 Å². The Kier molecular flexibility index (Phi) is 12.9. The molecule has 0 amide bonds. The summed E-state index contributed by atoms with van der Waals surface area (Å²) in [6, 6.07) is 22.3. The van der Waals surface area contributed by atoms with Crippen molar-refractivity contribution in [2.24, 2.45) is 5.92 Å². The summed E-state index contributed by atoms with van der Waals surface area (Å²) in [6.07, 6.45) is 11.0.